The predicted molar refractivity (Wildman–Crippen MR) is 328 cm³/mol. The summed E-state index contributed by atoms with van der Waals surface area (Å²) in [5.41, 5.74) is 48.9. The summed E-state index contributed by atoms with van der Waals surface area (Å²) in [6.07, 6.45) is 32.5. The van der Waals surface area contributed by atoms with Gasteiger partial charge in [0, 0.05) is 53.2 Å². The topological polar surface area (TPSA) is 268 Å². The van der Waals surface area contributed by atoms with Gasteiger partial charge in [0.1, 0.15) is 0 Å². The molecular weight excluding hydrogens is 1150 g/mol. The number of hydrogen-bond acceptors (Lipinski definition) is 12. The van der Waals surface area contributed by atoms with E-state index in [1.165, 1.54) is 225 Å². The molecule has 0 spiro atoms. The molecule has 10 aliphatic rings. The number of carbonyl (C=O) groups excluding carboxylic acids is 1. The second-order valence-corrected chi connectivity index (χ2v) is 28.0. The minimum absolute atomic E-state index is 0.0350. The van der Waals surface area contributed by atoms with Crippen molar-refractivity contribution in [3.05, 3.63) is 123 Å². The number of sulfonamides is 2. The van der Waals surface area contributed by atoms with Crippen molar-refractivity contribution in [2.45, 2.75) is 204 Å². The number of urea groups is 1. The van der Waals surface area contributed by atoms with Crippen molar-refractivity contribution in [1.29, 1.82) is 0 Å². The standard InChI is InChI=1S/C20H24N4O4S.C13H17N.C12H14BrN.C12H15N.C6H9N3O3S/c1-12-13-5-2-7-15(13)18(16-8-3-6-14(12)16)22-20(25)23-29(26,27)17-11-21-24-9-4-10-28-19(17)24;1-8-9-4-2-6-11(9)13(14)12-7-3-5-10(8)12;13-11-7-3-1-5-9(7)12(14)10-6-2-4-8(10)11;13-12-10-5-1-3-8(10)7-9-4-2-6-11(9)12;7-13(10,11)5-4-8-9-2-1-3-12-6(5)9/h11H,2-10H2,1H3,(H2,22,23,25);2-7,14H2,1H3;1-6,14H2;7H,1-6,13H2;4H,1-3H2,(H2,7,10,11). The predicted octanol–water partition coefficient (Wildman–Crippen LogP) is 9.58. The molecule has 10 N–H and O–H groups in total. The van der Waals surface area contributed by atoms with Gasteiger partial charge in [-0.15, -0.1) is 0 Å². The van der Waals surface area contributed by atoms with Crippen molar-refractivity contribution in [3.63, 3.8) is 0 Å². The fraction of sp³-hybridized carbons (Fsp3) is 0.508. The normalized spacial score (nSPS) is 17.7. The summed E-state index contributed by atoms with van der Waals surface area (Å²) < 4.78 is 64.7. The van der Waals surface area contributed by atoms with Crippen molar-refractivity contribution in [3.8, 4) is 11.8 Å². The number of benzene rings is 4. The highest BCUT2D eigenvalue weighted by Crippen LogP contribution is 2.45. The second kappa shape index (κ2) is 23.4. The van der Waals surface area contributed by atoms with Gasteiger partial charge in [0.25, 0.3) is 10.0 Å². The number of nitrogens with zero attached hydrogens (tertiary/aromatic N) is 4. The van der Waals surface area contributed by atoms with Crippen LogP contribution < -0.4 is 41.9 Å². The fourth-order valence-corrected chi connectivity index (χ4v) is 17.7. The van der Waals surface area contributed by atoms with E-state index in [0.29, 0.717) is 26.3 Å². The molecule has 8 aliphatic carbocycles. The Morgan fingerprint density at radius 2 is 0.843 bits per heavy atom. The molecule has 4 heterocycles. The maximum atomic E-state index is 12.8. The third-order valence-corrected chi connectivity index (χ3v) is 22.3. The zero-order valence-corrected chi connectivity index (χ0v) is 51.3. The number of anilines is 4. The quantitative estimate of drug-likeness (QED) is 0.0901. The van der Waals surface area contributed by atoms with Gasteiger partial charge < -0.3 is 32.0 Å². The molecule has 0 saturated heterocycles. The van der Waals surface area contributed by atoms with Crippen LogP contribution in [0.15, 0.2) is 32.7 Å². The Labute approximate surface area is 496 Å². The molecule has 0 unspecified atom stereocenters. The number of halogens is 1. The first-order valence-electron chi connectivity index (χ1n) is 30.3. The highest BCUT2D eigenvalue weighted by atomic mass is 79.9. The van der Waals surface area contributed by atoms with Gasteiger partial charge >= 0.3 is 6.03 Å². The monoisotopic (exact) mass is 1230 g/mol. The Kier molecular flexibility index (Phi) is 16.2. The Balaban J connectivity index is 0.000000108. The first kappa shape index (κ1) is 57.3. The van der Waals surface area contributed by atoms with E-state index in [1.54, 1.807) is 16.7 Å². The van der Waals surface area contributed by atoms with Crippen LogP contribution in [0.1, 0.15) is 164 Å². The molecule has 83 heavy (non-hydrogen) atoms. The number of aryl methyl sites for hydroxylation is 4. The molecule has 4 aromatic carbocycles. The lowest BCUT2D eigenvalue weighted by molar-refractivity contribution is 0.224. The first-order valence-corrected chi connectivity index (χ1v) is 34.1. The number of nitrogen functional groups attached to an aromatic ring is 3. The number of aromatic nitrogens is 4. The molecule has 0 saturated carbocycles. The number of hydrogen-bond donors (Lipinski definition) is 6. The van der Waals surface area contributed by atoms with Crippen molar-refractivity contribution in [2.75, 3.05) is 35.7 Å². The van der Waals surface area contributed by atoms with E-state index in [-0.39, 0.29) is 21.6 Å². The average Bonchev–Trinajstić information content (AvgIpc) is 4.49. The maximum absolute atomic E-state index is 12.8. The lowest BCUT2D eigenvalue weighted by atomic mass is 9.93. The van der Waals surface area contributed by atoms with Gasteiger partial charge in [0.2, 0.25) is 21.8 Å². The summed E-state index contributed by atoms with van der Waals surface area (Å²) in [5.74, 6) is 0.447. The SMILES string of the molecule is Cc1c2c(c(N)c3c1CCC3)CCC2.Cc1c2c(c(NC(=O)NS(=O)(=O)c3cnn4c3OCCC4)c3c1CCC3)CCC2.NS(=O)(=O)c1cnn2c1OCCC2.Nc1c2c(c(Br)c3c1CCC3)CCC2.Nc1c2c(cc3c1CCC3)CCC2. The van der Waals surface area contributed by atoms with Crippen LogP contribution in [-0.2, 0) is 136 Å². The van der Waals surface area contributed by atoms with Crippen LogP contribution in [0.2, 0.25) is 0 Å². The molecule has 16 rings (SSSR count). The number of nitrogens with two attached hydrogens (primary N) is 4. The lowest BCUT2D eigenvalue weighted by Crippen LogP contribution is -2.35. The number of rotatable bonds is 4. The van der Waals surface area contributed by atoms with Crippen LogP contribution in [0.5, 0.6) is 11.8 Å². The van der Waals surface area contributed by atoms with Gasteiger partial charge in [-0.2, -0.15) is 10.2 Å². The van der Waals surface area contributed by atoms with Crippen LogP contribution in [0.4, 0.5) is 27.5 Å². The molecule has 20 heteroatoms. The van der Waals surface area contributed by atoms with Crippen LogP contribution in [-0.4, -0.2) is 55.6 Å². The number of fused-ring (bicyclic) bond motifs is 10. The third kappa shape index (κ3) is 10.9. The molecule has 2 aromatic heterocycles. The number of nitrogens with one attached hydrogen (secondary N) is 2. The summed E-state index contributed by atoms with van der Waals surface area (Å²) in [6, 6.07) is 1.67. The molecule has 6 aromatic rings. The zero-order chi connectivity index (χ0) is 57.9. The van der Waals surface area contributed by atoms with E-state index in [1.807, 2.05) is 0 Å². The molecule has 17 nitrogen and oxygen atoms in total. The van der Waals surface area contributed by atoms with Crippen LogP contribution >= 0.6 is 15.9 Å². The summed E-state index contributed by atoms with van der Waals surface area (Å²) in [7, 11) is -7.79. The highest BCUT2D eigenvalue weighted by molar-refractivity contribution is 9.10. The average molecular weight is 1230 g/mol. The van der Waals surface area contributed by atoms with Gasteiger partial charge in [-0.05, 0) is 268 Å². The fourth-order valence-electron chi connectivity index (χ4n) is 15.2. The van der Waals surface area contributed by atoms with Crippen molar-refractivity contribution >= 4 is 64.8 Å². The molecule has 0 radical (unpaired) electrons. The molecule has 2 aliphatic heterocycles. The van der Waals surface area contributed by atoms with E-state index in [9.17, 15) is 21.6 Å². The van der Waals surface area contributed by atoms with Crippen LogP contribution in [0.25, 0.3) is 0 Å². The van der Waals surface area contributed by atoms with Crippen LogP contribution in [0, 0.1) is 13.8 Å². The Bertz CT molecular complexity index is 3540. The van der Waals surface area contributed by atoms with Gasteiger partial charge in [-0.25, -0.2) is 40.9 Å². The summed E-state index contributed by atoms with van der Waals surface area (Å²) >= 11 is 3.76. The van der Waals surface area contributed by atoms with Crippen molar-refractivity contribution < 1.29 is 31.1 Å². The number of ether oxygens (including phenoxy) is 2. The van der Waals surface area contributed by atoms with E-state index in [4.69, 9.17) is 31.8 Å². The number of amides is 2. The van der Waals surface area contributed by atoms with Gasteiger partial charge in [0.05, 0.1) is 25.6 Å². The van der Waals surface area contributed by atoms with E-state index >= 15 is 0 Å². The van der Waals surface area contributed by atoms with E-state index < -0.39 is 26.1 Å². The summed E-state index contributed by atoms with van der Waals surface area (Å²) in [5, 5.41) is 15.7. The molecular formula is C63H79BrN10O7S2. The molecule has 0 atom stereocenters. The lowest BCUT2D eigenvalue weighted by Gasteiger charge is -2.19. The zero-order valence-electron chi connectivity index (χ0n) is 48.1. The first-order chi connectivity index (χ1) is 40.0. The Hall–Kier alpha value is -6.09. The molecule has 2 amide bonds. The van der Waals surface area contributed by atoms with Crippen molar-refractivity contribution in [2.24, 2.45) is 5.14 Å². The largest absolute Gasteiger partial charge is 0.477 e. The second-order valence-electron chi connectivity index (χ2n) is 24.0. The maximum Gasteiger partial charge on any atom is 0.333 e. The number of primary sulfonamides is 1. The van der Waals surface area contributed by atoms with Gasteiger partial charge in [-0.3, -0.25) is 0 Å². The molecule has 0 bridgehead atoms. The Morgan fingerprint density at radius 3 is 1.30 bits per heavy atom. The van der Waals surface area contributed by atoms with Crippen molar-refractivity contribution in [1.82, 2.24) is 24.3 Å². The third-order valence-electron chi connectivity index (χ3n) is 19.2. The summed E-state index contributed by atoms with van der Waals surface area (Å²) in [6.45, 7) is 6.68. The van der Waals surface area contributed by atoms with Crippen LogP contribution in [0.3, 0.4) is 0 Å². The smallest absolute Gasteiger partial charge is 0.333 e. The number of carbonyl (C=O) groups is 1. The van der Waals surface area contributed by atoms with Gasteiger partial charge in [0.15, 0.2) is 9.79 Å². The molecule has 442 valence electrons. The van der Waals surface area contributed by atoms with Gasteiger partial charge in [-0.1, -0.05) is 22.0 Å². The molecule has 0 fully saturated rings. The van der Waals surface area contributed by atoms with E-state index in [2.05, 4.69) is 56.1 Å². The Morgan fingerprint density at radius 1 is 0.494 bits per heavy atom. The minimum Gasteiger partial charge on any atom is -0.477 e. The van der Waals surface area contributed by atoms with E-state index in [0.717, 1.165) is 74.1 Å². The highest BCUT2D eigenvalue weighted by Gasteiger charge is 2.33. The minimum atomic E-state index is -4.08. The summed E-state index contributed by atoms with van der Waals surface area (Å²) in [4.78, 5) is 12.6.